The molecule has 0 aliphatic heterocycles. The summed E-state index contributed by atoms with van der Waals surface area (Å²) in [5.41, 5.74) is 2.29. The number of aryl methyl sites for hydroxylation is 1. The zero-order valence-corrected chi connectivity index (χ0v) is 9.16. The third-order valence-electron chi connectivity index (χ3n) is 2.35. The average molecular weight is 219 g/mol. The lowest BCUT2D eigenvalue weighted by atomic mass is 10.2. The summed E-state index contributed by atoms with van der Waals surface area (Å²) in [4.78, 5) is 4.02. The van der Waals surface area contributed by atoms with Gasteiger partial charge in [-0.25, -0.2) is 0 Å². The van der Waals surface area contributed by atoms with Crippen molar-refractivity contribution in [2.75, 3.05) is 7.11 Å². The van der Waals surface area contributed by atoms with Gasteiger partial charge in [0.25, 0.3) is 0 Å². The number of rotatable bonds is 3. The molecule has 84 valence electrons. The third-order valence-corrected chi connectivity index (χ3v) is 2.35. The Hall–Kier alpha value is -1.72. The van der Waals surface area contributed by atoms with Crippen molar-refractivity contribution in [1.29, 1.82) is 0 Å². The van der Waals surface area contributed by atoms with E-state index in [1.54, 1.807) is 30.2 Å². The van der Waals surface area contributed by atoms with Gasteiger partial charge in [0, 0.05) is 32.1 Å². The molecule has 1 N–H and O–H groups in total. The van der Waals surface area contributed by atoms with E-state index in [1.807, 2.05) is 12.1 Å². The molecular weight excluding hydrogens is 206 g/mol. The molecule has 5 heteroatoms. The Balaban J connectivity index is 2.38. The van der Waals surface area contributed by atoms with Crippen LogP contribution in [0.3, 0.4) is 0 Å². The highest BCUT2D eigenvalue weighted by molar-refractivity contribution is 5.57. The predicted octanol–water partition coefficient (Wildman–Crippen LogP) is 1.12. The SMILES string of the molecule is COC(O)c1cc(-c2cccnc2)nn1C. The quantitative estimate of drug-likeness (QED) is 0.786. The van der Waals surface area contributed by atoms with Crippen molar-refractivity contribution >= 4 is 0 Å². The van der Waals surface area contributed by atoms with E-state index in [2.05, 4.69) is 10.1 Å². The molecule has 0 aliphatic carbocycles. The van der Waals surface area contributed by atoms with Gasteiger partial charge >= 0.3 is 0 Å². The van der Waals surface area contributed by atoms with E-state index in [-0.39, 0.29) is 0 Å². The van der Waals surface area contributed by atoms with E-state index in [4.69, 9.17) is 4.74 Å². The van der Waals surface area contributed by atoms with Crippen LogP contribution >= 0.6 is 0 Å². The smallest absolute Gasteiger partial charge is 0.197 e. The zero-order valence-electron chi connectivity index (χ0n) is 9.16. The maximum Gasteiger partial charge on any atom is 0.197 e. The maximum absolute atomic E-state index is 9.57. The summed E-state index contributed by atoms with van der Waals surface area (Å²) in [6, 6.07) is 5.54. The largest absolute Gasteiger partial charge is 0.363 e. The van der Waals surface area contributed by atoms with E-state index < -0.39 is 6.29 Å². The topological polar surface area (TPSA) is 60.2 Å². The van der Waals surface area contributed by atoms with Crippen LogP contribution in [0.15, 0.2) is 30.6 Å². The molecule has 2 aromatic heterocycles. The van der Waals surface area contributed by atoms with Gasteiger partial charge in [-0.3, -0.25) is 9.67 Å². The standard InChI is InChI=1S/C11H13N3O2/c1-14-10(11(15)16-2)6-9(13-14)8-4-3-5-12-7-8/h3-7,11,15H,1-2H3. The molecule has 0 spiro atoms. The van der Waals surface area contributed by atoms with Crippen LogP contribution in [0.2, 0.25) is 0 Å². The number of hydrogen-bond acceptors (Lipinski definition) is 4. The molecule has 0 saturated carbocycles. The van der Waals surface area contributed by atoms with Crippen molar-refractivity contribution < 1.29 is 9.84 Å². The first-order chi connectivity index (χ1) is 7.72. The molecule has 0 aliphatic rings. The summed E-state index contributed by atoms with van der Waals surface area (Å²) < 4.78 is 6.44. The first kappa shape index (κ1) is 10.8. The summed E-state index contributed by atoms with van der Waals surface area (Å²) in [6.45, 7) is 0. The number of aliphatic hydroxyl groups is 1. The molecule has 2 heterocycles. The Bertz CT molecular complexity index is 467. The van der Waals surface area contributed by atoms with Crippen LogP contribution in [-0.2, 0) is 11.8 Å². The molecule has 0 amide bonds. The summed E-state index contributed by atoms with van der Waals surface area (Å²) in [6.07, 6.45) is 2.48. The van der Waals surface area contributed by atoms with E-state index in [9.17, 15) is 5.11 Å². The van der Waals surface area contributed by atoms with Gasteiger partial charge in [0.15, 0.2) is 6.29 Å². The molecule has 0 saturated heterocycles. The number of aliphatic hydroxyl groups excluding tert-OH is 1. The lowest BCUT2D eigenvalue weighted by Gasteiger charge is -2.07. The second kappa shape index (κ2) is 4.42. The second-order valence-electron chi connectivity index (χ2n) is 3.41. The van der Waals surface area contributed by atoms with Crippen LogP contribution < -0.4 is 0 Å². The number of nitrogens with zero attached hydrogens (tertiary/aromatic N) is 3. The van der Waals surface area contributed by atoms with Crippen LogP contribution in [0.4, 0.5) is 0 Å². The lowest BCUT2D eigenvalue weighted by Crippen LogP contribution is -2.06. The van der Waals surface area contributed by atoms with Gasteiger partial charge in [0.05, 0.1) is 11.4 Å². The number of aromatic nitrogens is 3. The fourth-order valence-corrected chi connectivity index (χ4v) is 1.49. The summed E-state index contributed by atoms with van der Waals surface area (Å²) >= 11 is 0. The molecule has 0 fully saturated rings. The van der Waals surface area contributed by atoms with Gasteiger partial charge in [-0.15, -0.1) is 0 Å². The molecule has 0 bridgehead atoms. The number of ether oxygens (including phenoxy) is 1. The minimum atomic E-state index is -0.956. The first-order valence-corrected chi connectivity index (χ1v) is 4.87. The van der Waals surface area contributed by atoms with Gasteiger partial charge in [-0.2, -0.15) is 5.10 Å². The van der Waals surface area contributed by atoms with E-state index in [0.29, 0.717) is 5.69 Å². The van der Waals surface area contributed by atoms with Crippen molar-refractivity contribution in [3.63, 3.8) is 0 Å². The third kappa shape index (κ3) is 1.95. The van der Waals surface area contributed by atoms with Crippen molar-refractivity contribution in [3.05, 3.63) is 36.3 Å². The summed E-state index contributed by atoms with van der Waals surface area (Å²) in [5.74, 6) is 0. The number of pyridine rings is 1. The molecule has 5 nitrogen and oxygen atoms in total. The van der Waals surface area contributed by atoms with E-state index >= 15 is 0 Å². The van der Waals surface area contributed by atoms with Crippen LogP contribution in [0, 0.1) is 0 Å². The lowest BCUT2D eigenvalue weighted by molar-refractivity contribution is -0.0821. The molecule has 0 radical (unpaired) electrons. The molecule has 16 heavy (non-hydrogen) atoms. The molecule has 1 unspecified atom stereocenters. The van der Waals surface area contributed by atoms with E-state index in [1.165, 1.54) is 7.11 Å². The highest BCUT2D eigenvalue weighted by Gasteiger charge is 2.13. The summed E-state index contributed by atoms with van der Waals surface area (Å²) in [7, 11) is 3.21. The minimum Gasteiger partial charge on any atom is -0.363 e. The van der Waals surface area contributed by atoms with Crippen molar-refractivity contribution in [2.24, 2.45) is 7.05 Å². The van der Waals surface area contributed by atoms with Gasteiger partial charge in [0.2, 0.25) is 0 Å². The monoisotopic (exact) mass is 219 g/mol. The number of methoxy groups -OCH3 is 1. The Morgan fingerprint density at radius 1 is 1.50 bits per heavy atom. The Labute approximate surface area is 93.3 Å². The first-order valence-electron chi connectivity index (χ1n) is 4.87. The van der Waals surface area contributed by atoms with Crippen molar-refractivity contribution in [1.82, 2.24) is 14.8 Å². The normalized spacial score (nSPS) is 12.7. The van der Waals surface area contributed by atoms with Gasteiger partial charge < -0.3 is 9.84 Å². The van der Waals surface area contributed by atoms with Gasteiger partial charge in [-0.05, 0) is 18.2 Å². The fourth-order valence-electron chi connectivity index (χ4n) is 1.49. The molecule has 1 atom stereocenters. The zero-order chi connectivity index (χ0) is 11.5. The highest BCUT2D eigenvalue weighted by atomic mass is 16.6. The van der Waals surface area contributed by atoms with Crippen molar-refractivity contribution in [2.45, 2.75) is 6.29 Å². The minimum absolute atomic E-state index is 0.612. The predicted molar refractivity (Wildman–Crippen MR) is 58.4 cm³/mol. The fraction of sp³-hybridized carbons (Fsp3) is 0.273. The van der Waals surface area contributed by atoms with Gasteiger partial charge in [0.1, 0.15) is 0 Å². The van der Waals surface area contributed by atoms with E-state index in [0.717, 1.165) is 11.3 Å². The Morgan fingerprint density at radius 3 is 2.94 bits per heavy atom. The van der Waals surface area contributed by atoms with Crippen LogP contribution in [0.1, 0.15) is 12.0 Å². The molecule has 2 aromatic rings. The Morgan fingerprint density at radius 2 is 2.31 bits per heavy atom. The van der Waals surface area contributed by atoms with Crippen molar-refractivity contribution in [3.8, 4) is 11.3 Å². The molecular formula is C11H13N3O2. The van der Waals surface area contributed by atoms with Gasteiger partial charge in [-0.1, -0.05) is 0 Å². The highest BCUT2D eigenvalue weighted by Crippen LogP contribution is 2.21. The Kier molecular flexibility index (Phi) is 2.98. The van der Waals surface area contributed by atoms with Crippen LogP contribution in [-0.4, -0.2) is 27.0 Å². The summed E-state index contributed by atoms with van der Waals surface area (Å²) in [5, 5.41) is 13.9. The van der Waals surface area contributed by atoms with Crippen LogP contribution in [0.5, 0.6) is 0 Å². The maximum atomic E-state index is 9.57. The average Bonchev–Trinajstić information content (AvgIpc) is 2.71. The second-order valence-corrected chi connectivity index (χ2v) is 3.41. The van der Waals surface area contributed by atoms with Crippen LogP contribution in [0.25, 0.3) is 11.3 Å². The molecule has 2 rings (SSSR count). The number of hydrogen-bond donors (Lipinski definition) is 1. The molecule has 0 aromatic carbocycles.